The lowest BCUT2D eigenvalue weighted by atomic mass is 9.97. The van der Waals surface area contributed by atoms with Crippen LogP contribution in [0.1, 0.15) is 23.5 Å². The zero-order valence-corrected chi connectivity index (χ0v) is 10.4. The topological polar surface area (TPSA) is 15.3 Å². The highest BCUT2D eigenvalue weighted by Crippen LogP contribution is 2.26. The molecule has 0 bridgehead atoms. The Morgan fingerprint density at radius 2 is 2.06 bits per heavy atom. The van der Waals surface area contributed by atoms with Crippen LogP contribution in [0.2, 0.25) is 0 Å². The summed E-state index contributed by atoms with van der Waals surface area (Å²) in [5.74, 6) is 0.753. The molecular weight excluding hydrogens is 196 g/mol. The van der Waals surface area contributed by atoms with Crippen LogP contribution in [0, 0.1) is 0 Å². The van der Waals surface area contributed by atoms with Crippen molar-refractivity contribution < 1.29 is 0 Å². The molecule has 0 amide bonds. The fourth-order valence-electron chi connectivity index (χ4n) is 2.43. The van der Waals surface area contributed by atoms with E-state index in [0.717, 1.165) is 18.9 Å². The predicted octanol–water partition coefficient (Wildman–Crippen LogP) is 1.87. The Balaban J connectivity index is 1.96. The van der Waals surface area contributed by atoms with Gasteiger partial charge in [0.05, 0.1) is 0 Å². The average Bonchev–Trinajstić information content (AvgIpc) is 2.74. The van der Waals surface area contributed by atoms with E-state index in [1.807, 2.05) is 7.05 Å². The Labute approximate surface area is 98.7 Å². The van der Waals surface area contributed by atoms with Crippen molar-refractivity contribution in [2.75, 3.05) is 33.7 Å². The lowest BCUT2D eigenvalue weighted by Crippen LogP contribution is -2.13. The van der Waals surface area contributed by atoms with Crippen LogP contribution < -0.4 is 5.32 Å². The van der Waals surface area contributed by atoms with Crippen LogP contribution in [0.4, 0.5) is 0 Å². The number of rotatable bonds is 4. The number of nitrogens with zero attached hydrogens (tertiary/aromatic N) is 1. The fourth-order valence-corrected chi connectivity index (χ4v) is 2.43. The first-order valence-electron chi connectivity index (χ1n) is 6.21. The Bertz CT molecular complexity index is 318. The highest BCUT2D eigenvalue weighted by Gasteiger charge is 2.20. The minimum atomic E-state index is 0.753. The second kappa shape index (κ2) is 5.46. The second-order valence-corrected chi connectivity index (χ2v) is 4.84. The highest BCUT2D eigenvalue weighted by atomic mass is 15.1. The monoisotopic (exact) mass is 218 g/mol. The molecule has 2 nitrogen and oxygen atoms in total. The predicted molar refractivity (Wildman–Crippen MR) is 68.9 cm³/mol. The minimum Gasteiger partial charge on any atom is -0.319 e. The standard InChI is InChI=1S/C14H22N2/c1-15-9-7-12-3-5-13(6-4-12)14-8-10-16(2)11-14/h3-6,14-15H,7-11H2,1-2H3. The molecule has 0 saturated carbocycles. The van der Waals surface area contributed by atoms with Gasteiger partial charge in [-0.05, 0) is 57.1 Å². The summed E-state index contributed by atoms with van der Waals surface area (Å²) in [5, 5.41) is 3.19. The van der Waals surface area contributed by atoms with Crippen molar-refractivity contribution >= 4 is 0 Å². The van der Waals surface area contributed by atoms with E-state index < -0.39 is 0 Å². The number of hydrogen-bond donors (Lipinski definition) is 1. The van der Waals surface area contributed by atoms with Crippen LogP contribution >= 0.6 is 0 Å². The van der Waals surface area contributed by atoms with Gasteiger partial charge < -0.3 is 10.2 Å². The maximum atomic E-state index is 3.19. The summed E-state index contributed by atoms with van der Waals surface area (Å²) in [6.45, 7) is 3.52. The second-order valence-electron chi connectivity index (χ2n) is 4.84. The van der Waals surface area contributed by atoms with Gasteiger partial charge >= 0.3 is 0 Å². The van der Waals surface area contributed by atoms with Crippen molar-refractivity contribution in [2.45, 2.75) is 18.8 Å². The van der Waals surface area contributed by atoms with E-state index in [9.17, 15) is 0 Å². The van der Waals surface area contributed by atoms with E-state index in [4.69, 9.17) is 0 Å². The first-order chi connectivity index (χ1) is 7.79. The molecule has 0 spiro atoms. The summed E-state index contributed by atoms with van der Waals surface area (Å²) in [5.41, 5.74) is 2.95. The summed E-state index contributed by atoms with van der Waals surface area (Å²) in [6, 6.07) is 9.19. The summed E-state index contributed by atoms with van der Waals surface area (Å²) in [6.07, 6.45) is 2.44. The lowest BCUT2D eigenvalue weighted by molar-refractivity contribution is 0.411. The van der Waals surface area contributed by atoms with Crippen molar-refractivity contribution in [2.24, 2.45) is 0 Å². The van der Waals surface area contributed by atoms with Gasteiger partial charge in [0.15, 0.2) is 0 Å². The van der Waals surface area contributed by atoms with Crippen molar-refractivity contribution in [1.82, 2.24) is 10.2 Å². The van der Waals surface area contributed by atoms with E-state index in [1.54, 1.807) is 0 Å². The van der Waals surface area contributed by atoms with Crippen LogP contribution in [0.5, 0.6) is 0 Å². The lowest BCUT2D eigenvalue weighted by Gasteiger charge is -2.11. The van der Waals surface area contributed by atoms with Crippen LogP contribution in [-0.4, -0.2) is 38.6 Å². The van der Waals surface area contributed by atoms with Gasteiger partial charge in [-0.25, -0.2) is 0 Å². The zero-order chi connectivity index (χ0) is 11.4. The molecule has 2 heteroatoms. The largest absolute Gasteiger partial charge is 0.319 e. The number of nitrogens with one attached hydrogen (secondary N) is 1. The van der Waals surface area contributed by atoms with Crippen LogP contribution in [-0.2, 0) is 6.42 Å². The number of likely N-dealkylation sites (tertiary alicyclic amines) is 1. The third-order valence-electron chi connectivity index (χ3n) is 3.51. The maximum absolute atomic E-state index is 3.19. The smallest absolute Gasteiger partial charge is 0.00477 e. The molecule has 1 fully saturated rings. The average molecular weight is 218 g/mol. The van der Waals surface area contributed by atoms with Gasteiger partial charge in [0, 0.05) is 6.54 Å². The van der Waals surface area contributed by atoms with Gasteiger partial charge in [-0.2, -0.15) is 0 Å². The fraction of sp³-hybridized carbons (Fsp3) is 0.571. The van der Waals surface area contributed by atoms with Gasteiger partial charge in [-0.1, -0.05) is 24.3 Å². The highest BCUT2D eigenvalue weighted by molar-refractivity contribution is 5.26. The molecule has 0 radical (unpaired) electrons. The molecule has 0 aromatic heterocycles. The Kier molecular flexibility index (Phi) is 3.97. The molecular formula is C14H22N2. The van der Waals surface area contributed by atoms with Gasteiger partial charge in [-0.15, -0.1) is 0 Å². The molecule has 1 unspecified atom stereocenters. The van der Waals surface area contributed by atoms with Crippen molar-refractivity contribution in [3.63, 3.8) is 0 Å². The van der Waals surface area contributed by atoms with Crippen LogP contribution in [0.25, 0.3) is 0 Å². The molecule has 1 N–H and O–H groups in total. The summed E-state index contributed by atoms with van der Waals surface area (Å²) in [7, 11) is 4.21. The molecule has 16 heavy (non-hydrogen) atoms. The van der Waals surface area contributed by atoms with Crippen molar-refractivity contribution in [3.05, 3.63) is 35.4 Å². The van der Waals surface area contributed by atoms with Crippen molar-refractivity contribution in [1.29, 1.82) is 0 Å². The number of benzene rings is 1. The maximum Gasteiger partial charge on any atom is 0.00477 e. The molecule has 2 rings (SSSR count). The third kappa shape index (κ3) is 2.83. The van der Waals surface area contributed by atoms with E-state index in [0.29, 0.717) is 0 Å². The quantitative estimate of drug-likeness (QED) is 0.830. The Hall–Kier alpha value is -0.860. The van der Waals surface area contributed by atoms with Gasteiger partial charge in [0.1, 0.15) is 0 Å². The number of likely N-dealkylation sites (N-methyl/N-ethyl adjacent to an activating group) is 2. The molecule has 1 aliphatic rings. The van der Waals surface area contributed by atoms with E-state index in [1.165, 1.54) is 30.6 Å². The Morgan fingerprint density at radius 1 is 1.31 bits per heavy atom. The molecule has 1 atom stereocenters. The van der Waals surface area contributed by atoms with E-state index >= 15 is 0 Å². The minimum absolute atomic E-state index is 0.753. The van der Waals surface area contributed by atoms with Gasteiger partial charge in [0.25, 0.3) is 0 Å². The van der Waals surface area contributed by atoms with Gasteiger partial charge in [-0.3, -0.25) is 0 Å². The zero-order valence-electron chi connectivity index (χ0n) is 10.4. The third-order valence-corrected chi connectivity index (χ3v) is 3.51. The molecule has 1 aromatic carbocycles. The normalized spacial score (nSPS) is 21.5. The summed E-state index contributed by atoms with van der Waals surface area (Å²) < 4.78 is 0. The number of hydrogen-bond acceptors (Lipinski definition) is 2. The van der Waals surface area contributed by atoms with Crippen molar-refractivity contribution in [3.8, 4) is 0 Å². The first-order valence-corrected chi connectivity index (χ1v) is 6.21. The summed E-state index contributed by atoms with van der Waals surface area (Å²) in [4.78, 5) is 2.42. The molecule has 88 valence electrons. The SMILES string of the molecule is CNCCc1ccc(C2CCN(C)C2)cc1. The summed E-state index contributed by atoms with van der Waals surface area (Å²) >= 11 is 0. The van der Waals surface area contributed by atoms with Crippen LogP contribution in [0.15, 0.2) is 24.3 Å². The van der Waals surface area contributed by atoms with E-state index in [-0.39, 0.29) is 0 Å². The molecule has 1 saturated heterocycles. The first kappa shape index (κ1) is 11.6. The molecule has 1 heterocycles. The molecule has 1 aliphatic heterocycles. The molecule has 0 aliphatic carbocycles. The van der Waals surface area contributed by atoms with E-state index in [2.05, 4.69) is 41.5 Å². The van der Waals surface area contributed by atoms with Gasteiger partial charge in [0.2, 0.25) is 0 Å². The van der Waals surface area contributed by atoms with Crippen LogP contribution in [0.3, 0.4) is 0 Å². The molecule has 1 aromatic rings. The Morgan fingerprint density at radius 3 is 2.62 bits per heavy atom.